The zero-order chi connectivity index (χ0) is 14.8. The minimum atomic E-state index is -0.633. The third-order valence-electron chi connectivity index (χ3n) is 3.72. The van der Waals surface area contributed by atoms with Crippen molar-refractivity contribution in [2.75, 3.05) is 26.2 Å². The van der Waals surface area contributed by atoms with E-state index < -0.39 is 5.82 Å². The highest BCUT2D eigenvalue weighted by molar-refractivity contribution is 7.10. The molecule has 0 bridgehead atoms. The van der Waals surface area contributed by atoms with Crippen molar-refractivity contribution in [2.24, 2.45) is 0 Å². The van der Waals surface area contributed by atoms with Crippen LogP contribution in [0.4, 0.5) is 4.39 Å². The van der Waals surface area contributed by atoms with Crippen molar-refractivity contribution in [3.05, 3.63) is 50.9 Å². The third-order valence-corrected chi connectivity index (χ3v) is 4.97. The van der Waals surface area contributed by atoms with Crippen LogP contribution in [0, 0.1) is 5.82 Å². The number of piperazine rings is 1. The minimum Gasteiger partial charge on any atom is -0.505 e. The summed E-state index contributed by atoms with van der Waals surface area (Å²) in [6.07, 6.45) is 0. The molecule has 0 radical (unpaired) electrons. The number of thiophene rings is 1. The quantitative estimate of drug-likeness (QED) is 0.909. The predicted molar refractivity (Wildman–Crippen MR) is 83.7 cm³/mol. The van der Waals surface area contributed by atoms with Gasteiger partial charge in [0, 0.05) is 41.6 Å². The first-order chi connectivity index (χ1) is 10.2. The van der Waals surface area contributed by atoms with Crippen molar-refractivity contribution >= 4 is 22.9 Å². The lowest BCUT2D eigenvalue weighted by molar-refractivity contribution is 0.197. The topological polar surface area (TPSA) is 35.5 Å². The van der Waals surface area contributed by atoms with E-state index in [1.165, 1.54) is 12.1 Å². The lowest BCUT2D eigenvalue weighted by Gasteiger charge is -2.35. The van der Waals surface area contributed by atoms with Crippen LogP contribution in [0.5, 0.6) is 5.75 Å². The first kappa shape index (κ1) is 14.8. The number of halogens is 2. The summed E-state index contributed by atoms with van der Waals surface area (Å²) in [6, 6.07) is 6.45. The molecule has 0 amide bonds. The number of aromatic hydroxyl groups is 1. The van der Waals surface area contributed by atoms with Crippen molar-refractivity contribution < 1.29 is 9.50 Å². The van der Waals surface area contributed by atoms with Gasteiger partial charge in [-0.05, 0) is 23.6 Å². The summed E-state index contributed by atoms with van der Waals surface area (Å²) in [7, 11) is 0. The largest absolute Gasteiger partial charge is 0.505 e. The van der Waals surface area contributed by atoms with Crippen molar-refractivity contribution in [3.63, 3.8) is 0 Å². The molecule has 1 fully saturated rings. The number of hydrogen-bond donors (Lipinski definition) is 2. The third kappa shape index (κ3) is 2.92. The Morgan fingerprint density at radius 3 is 2.71 bits per heavy atom. The zero-order valence-electron chi connectivity index (χ0n) is 11.4. The summed E-state index contributed by atoms with van der Waals surface area (Å²) < 4.78 is 13.8. The van der Waals surface area contributed by atoms with Crippen LogP contribution in [0.15, 0.2) is 29.6 Å². The normalized spacial score (nSPS) is 17.8. The van der Waals surface area contributed by atoms with Crippen LogP contribution >= 0.6 is 22.9 Å². The minimum absolute atomic E-state index is 0.213. The second-order valence-corrected chi connectivity index (χ2v) is 6.38. The Hall–Kier alpha value is -1.14. The van der Waals surface area contributed by atoms with E-state index in [0.717, 1.165) is 31.1 Å². The standard InChI is InChI=1S/C15H16ClFN2OS/c16-10-3-4-11(17)15(20)13(10)14(12-2-1-9-21-12)19-7-5-18-6-8-19/h1-4,9,14,18,20H,5-8H2/t14-/m0/s1. The van der Waals surface area contributed by atoms with Crippen molar-refractivity contribution in [2.45, 2.75) is 6.04 Å². The summed E-state index contributed by atoms with van der Waals surface area (Å²) in [5.41, 5.74) is 0.459. The molecule has 1 aromatic carbocycles. The fourth-order valence-electron chi connectivity index (χ4n) is 2.71. The summed E-state index contributed by atoms with van der Waals surface area (Å²) in [5.74, 6) is -0.981. The number of nitrogens with one attached hydrogen (secondary N) is 1. The van der Waals surface area contributed by atoms with Gasteiger partial charge in [0.25, 0.3) is 0 Å². The molecule has 1 aliphatic rings. The van der Waals surface area contributed by atoms with Gasteiger partial charge in [0.15, 0.2) is 11.6 Å². The fraction of sp³-hybridized carbons (Fsp3) is 0.333. The molecule has 21 heavy (non-hydrogen) atoms. The smallest absolute Gasteiger partial charge is 0.165 e. The molecule has 2 N–H and O–H groups in total. The van der Waals surface area contributed by atoms with Crippen molar-refractivity contribution in [1.29, 1.82) is 0 Å². The highest BCUT2D eigenvalue weighted by Crippen LogP contribution is 2.41. The van der Waals surface area contributed by atoms with Crippen LogP contribution in [0.1, 0.15) is 16.5 Å². The lowest BCUT2D eigenvalue weighted by atomic mass is 10.0. The maximum Gasteiger partial charge on any atom is 0.165 e. The SMILES string of the molecule is Oc1c(F)ccc(Cl)c1[C@H](c1cccs1)N1CCNCC1. The molecule has 6 heteroatoms. The van der Waals surface area contributed by atoms with Crippen molar-refractivity contribution in [1.82, 2.24) is 10.2 Å². The van der Waals surface area contributed by atoms with Gasteiger partial charge in [-0.1, -0.05) is 17.7 Å². The molecule has 0 aliphatic carbocycles. The lowest BCUT2D eigenvalue weighted by Crippen LogP contribution is -2.45. The summed E-state index contributed by atoms with van der Waals surface area (Å²) in [5, 5.41) is 15.9. The van der Waals surface area contributed by atoms with Gasteiger partial charge >= 0.3 is 0 Å². The molecule has 0 unspecified atom stereocenters. The Kier molecular flexibility index (Phi) is 4.45. The van der Waals surface area contributed by atoms with Crippen LogP contribution in [-0.2, 0) is 0 Å². The molecule has 2 aromatic rings. The molecule has 0 spiro atoms. The molecule has 112 valence electrons. The van der Waals surface area contributed by atoms with Crippen LogP contribution in [0.25, 0.3) is 0 Å². The molecule has 3 nitrogen and oxygen atoms in total. The number of rotatable bonds is 3. The van der Waals surface area contributed by atoms with Gasteiger partial charge in [0.1, 0.15) is 0 Å². The van der Waals surface area contributed by atoms with Crippen LogP contribution in [0.2, 0.25) is 5.02 Å². The Labute approximate surface area is 132 Å². The van der Waals surface area contributed by atoms with Gasteiger partial charge in [0.2, 0.25) is 0 Å². The molecule has 3 rings (SSSR count). The molecule has 1 atom stereocenters. The first-order valence-corrected chi connectivity index (χ1v) is 8.09. The summed E-state index contributed by atoms with van der Waals surface area (Å²) in [6.45, 7) is 3.40. The Bertz CT molecular complexity index is 614. The van der Waals surface area contributed by atoms with Gasteiger partial charge < -0.3 is 10.4 Å². The maximum absolute atomic E-state index is 13.8. The Balaban J connectivity index is 2.09. The van der Waals surface area contributed by atoms with Gasteiger partial charge in [-0.25, -0.2) is 4.39 Å². The number of hydrogen-bond acceptors (Lipinski definition) is 4. The number of phenolic OH excluding ortho intramolecular Hbond substituents is 1. The highest BCUT2D eigenvalue weighted by atomic mass is 35.5. The first-order valence-electron chi connectivity index (χ1n) is 6.83. The maximum atomic E-state index is 13.8. The average molecular weight is 327 g/mol. The highest BCUT2D eigenvalue weighted by Gasteiger charge is 2.30. The molecular formula is C15H16ClFN2OS. The van der Waals surface area contributed by atoms with Gasteiger partial charge in [-0.15, -0.1) is 11.3 Å². The van der Waals surface area contributed by atoms with Gasteiger partial charge in [0.05, 0.1) is 6.04 Å². The van der Waals surface area contributed by atoms with E-state index in [1.807, 2.05) is 17.5 Å². The van der Waals surface area contributed by atoms with Crippen LogP contribution in [-0.4, -0.2) is 36.2 Å². The fourth-order valence-corrected chi connectivity index (χ4v) is 3.83. The van der Waals surface area contributed by atoms with E-state index in [2.05, 4.69) is 10.2 Å². The van der Waals surface area contributed by atoms with E-state index in [4.69, 9.17) is 11.6 Å². The average Bonchev–Trinajstić information content (AvgIpc) is 3.02. The van der Waals surface area contributed by atoms with Crippen LogP contribution < -0.4 is 5.32 Å². The van der Waals surface area contributed by atoms with Gasteiger partial charge in [-0.3, -0.25) is 4.90 Å². The Morgan fingerprint density at radius 1 is 1.29 bits per heavy atom. The van der Waals surface area contributed by atoms with Gasteiger partial charge in [-0.2, -0.15) is 0 Å². The molecule has 1 saturated heterocycles. The molecule has 2 heterocycles. The second-order valence-electron chi connectivity index (χ2n) is 5.00. The van der Waals surface area contributed by atoms with E-state index in [9.17, 15) is 9.50 Å². The number of nitrogens with zero attached hydrogens (tertiary/aromatic N) is 1. The van der Waals surface area contributed by atoms with Crippen molar-refractivity contribution in [3.8, 4) is 5.75 Å². The van der Waals surface area contributed by atoms with E-state index >= 15 is 0 Å². The number of benzene rings is 1. The van der Waals surface area contributed by atoms with E-state index in [0.29, 0.717) is 10.6 Å². The zero-order valence-corrected chi connectivity index (χ0v) is 12.9. The number of phenols is 1. The summed E-state index contributed by atoms with van der Waals surface area (Å²) in [4.78, 5) is 3.28. The second kappa shape index (κ2) is 6.32. The van der Waals surface area contributed by atoms with E-state index in [1.54, 1.807) is 11.3 Å². The molecular weight excluding hydrogens is 311 g/mol. The summed E-state index contributed by atoms with van der Waals surface area (Å²) >= 11 is 7.86. The van der Waals surface area contributed by atoms with Crippen LogP contribution in [0.3, 0.4) is 0 Å². The monoisotopic (exact) mass is 326 g/mol. The molecule has 1 aromatic heterocycles. The Morgan fingerprint density at radius 2 is 2.05 bits per heavy atom. The van der Waals surface area contributed by atoms with E-state index in [-0.39, 0.29) is 11.8 Å². The predicted octanol–water partition coefficient (Wildman–Crippen LogP) is 3.24. The molecule has 0 saturated carbocycles. The molecule has 1 aliphatic heterocycles.